The van der Waals surface area contributed by atoms with E-state index in [1.807, 2.05) is 0 Å². The number of benzene rings is 3. The van der Waals surface area contributed by atoms with Gasteiger partial charge in [0.05, 0.1) is 10.6 Å². The summed E-state index contributed by atoms with van der Waals surface area (Å²) in [5.41, 5.74) is 0.641. The van der Waals surface area contributed by atoms with Gasteiger partial charge in [0.1, 0.15) is 17.7 Å². The lowest BCUT2D eigenvalue weighted by Crippen LogP contribution is -2.41. The maximum Gasteiger partial charge on any atom is 0.245 e. The number of carbonyl (C=O) groups is 1. The molecule has 0 radical (unpaired) electrons. The molecule has 1 saturated heterocycles. The number of hydrogen-bond acceptors (Lipinski definition) is 4. The summed E-state index contributed by atoms with van der Waals surface area (Å²) in [5.74, 6) is -0.582. The van der Waals surface area contributed by atoms with Crippen molar-refractivity contribution < 1.29 is 17.6 Å². The average molecular weight is 485 g/mol. The van der Waals surface area contributed by atoms with Crippen molar-refractivity contribution in [3.05, 3.63) is 77.8 Å². The molecule has 1 amide bonds. The van der Waals surface area contributed by atoms with Gasteiger partial charge in [-0.1, -0.05) is 23.7 Å². The first-order valence-corrected chi connectivity index (χ1v) is 12.0. The predicted octanol–water partition coefficient (Wildman–Crippen LogP) is 4.11. The first-order valence-electron chi connectivity index (χ1n) is 10.1. The molecule has 0 bridgehead atoms. The monoisotopic (exact) mass is 484 g/mol. The zero-order valence-corrected chi connectivity index (χ0v) is 18.7. The normalized spacial score (nSPS) is 16.6. The summed E-state index contributed by atoms with van der Waals surface area (Å²) in [6.45, 7) is 0.194. The van der Waals surface area contributed by atoms with Crippen LogP contribution in [0.15, 0.2) is 71.9 Å². The molecule has 2 N–H and O–H groups in total. The number of halogens is 2. The lowest BCUT2D eigenvalue weighted by molar-refractivity contribution is -0.118. The van der Waals surface area contributed by atoms with Crippen LogP contribution in [0.2, 0.25) is 5.02 Å². The molecule has 0 unspecified atom stereocenters. The van der Waals surface area contributed by atoms with Crippen molar-refractivity contribution in [1.29, 1.82) is 0 Å². The van der Waals surface area contributed by atoms with Gasteiger partial charge >= 0.3 is 0 Å². The third-order valence-electron chi connectivity index (χ3n) is 5.60. The Balaban J connectivity index is 1.36. The van der Waals surface area contributed by atoms with E-state index in [4.69, 9.17) is 11.6 Å². The van der Waals surface area contributed by atoms with Gasteiger partial charge in [0, 0.05) is 29.5 Å². The number of hydrogen-bond donors (Lipinski definition) is 2. The molecule has 10 heteroatoms. The lowest BCUT2D eigenvalue weighted by atomic mass is 10.1. The van der Waals surface area contributed by atoms with Gasteiger partial charge in [-0.05, 0) is 59.7 Å². The Labute approximate surface area is 194 Å². The Morgan fingerprint density at radius 1 is 1.09 bits per heavy atom. The van der Waals surface area contributed by atoms with E-state index in [0.29, 0.717) is 21.8 Å². The molecule has 1 atom stereocenters. The largest absolute Gasteiger partial charge is 0.345 e. The van der Waals surface area contributed by atoms with Crippen LogP contribution in [0.1, 0.15) is 6.42 Å². The van der Waals surface area contributed by atoms with Crippen molar-refractivity contribution in [2.45, 2.75) is 17.4 Å². The Kier molecular flexibility index (Phi) is 5.40. The number of aromatic amines is 1. The van der Waals surface area contributed by atoms with Crippen LogP contribution in [0.3, 0.4) is 0 Å². The van der Waals surface area contributed by atoms with Crippen LogP contribution in [0.25, 0.3) is 22.2 Å². The molecule has 4 aromatic rings. The molecule has 0 saturated carbocycles. The molecule has 7 nitrogen and oxygen atoms in total. The molecule has 1 fully saturated rings. The fraction of sp³-hybridized carbons (Fsp3) is 0.130. The summed E-state index contributed by atoms with van der Waals surface area (Å²) in [6, 6.07) is 13.3. The van der Waals surface area contributed by atoms with E-state index in [9.17, 15) is 17.6 Å². The molecule has 1 aromatic heterocycles. The number of H-pyrrole nitrogens is 1. The van der Waals surface area contributed by atoms with Gasteiger partial charge in [-0.25, -0.2) is 17.8 Å². The number of fused-ring (bicyclic) bond motifs is 1. The zero-order chi connectivity index (χ0) is 23.2. The topological polar surface area (TPSA) is 95.2 Å². The standard InChI is InChI=1S/C23H18ClFN4O3S/c24-17-4-1-15-12-18(5-2-14(15)11-17)33(31,32)28-20-7-10-29(23(20)30)21-6-3-16(13-19(21)25)22-26-8-9-27-22/h1-6,8-9,11-13,20,28H,7,10H2,(H,26,27)/t20-/m0/s1. The van der Waals surface area contributed by atoms with Gasteiger partial charge in [0.15, 0.2) is 0 Å². The fourth-order valence-electron chi connectivity index (χ4n) is 3.94. The third-order valence-corrected chi connectivity index (χ3v) is 7.30. The first kappa shape index (κ1) is 21.6. The molecule has 0 aliphatic carbocycles. The molecule has 3 aromatic carbocycles. The van der Waals surface area contributed by atoms with Crippen molar-refractivity contribution in [2.24, 2.45) is 0 Å². The second-order valence-corrected chi connectivity index (χ2v) is 9.86. The summed E-state index contributed by atoms with van der Waals surface area (Å²) >= 11 is 5.98. The number of imidazole rings is 1. The minimum atomic E-state index is -3.97. The van der Waals surface area contributed by atoms with Crippen LogP contribution in [-0.2, 0) is 14.8 Å². The molecule has 1 aliphatic rings. The summed E-state index contributed by atoms with van der Waals surface area (Å²) < 4.78 is 43.1. The molecule has 5 rings (SSSR count). The number of nitrogens with one attached hydrogen (secondary N) is 2. The third kappa shape index (κ3) is 4.10. The summed E-state index contributed by atoms with van der Waals surface area (Å²) in [7, 11) is -3.97. The molecule has 33 heavy (non-hydrogen) atoms. The SMILES string of the molecule is O=C1[C@@H](NS(=O)(=O)c2ccc3cc(Cl)ccc3c2)CCN1c1ccc(-c2ncc[nH]2)cc1F. The van der Waals surface area contributed by atoms with Crippen molar-refractivity contribution in [3.63, 3.8) is 0 Å². The minimum absolute atomic E-state index is 0.0394. The van der Waals surface area contributed by atoms with E-state index in [-0.39, 0.29) is 23.5 Å². The highest BCUT2D eigenvalue weighted by Gasteiger charge is 2.36. The number of nitrogens with zero attached hydrogens (tertiary/aromatic N) is 2. The highest BCUT2D eigenvalue weighted by molar-refractivity contribution is 7.89. The minimum Gasteiger partial charge on any atom is -0.345 e. The second kappa shape index (κ2) is 8.26. The smallest absolute Gasteiger partial charge is 0.245 e. The van der Waals surface area contributed by atoms with Gasteiger partial charge in [-0.2, -0.15) is 4.72 Å². The maximum absolute atomic E-state index is 14.8. The van der Waals surface area contributed by atoms with Gasteiger partial charge in [-0.15, -0.1) is 0 Å². The Morgan fingerprint density at radius 3 is 2.64 bits per heavy atom. The van der Waals surface area contributed by atoms with Crippen LogP contribution in [0, 0.1) is 5.82 Å². The van der Waals surface area contributed by atoms with Crippen molar-refractivity contribution in [2.75, 3.05) is 11.4 Å². The van der Waals surface area contributed by atoms with Crippen molar-refractivity contribution in [1.82, 2.24) is 14.7 Å². The number of amides is 1. The second-order valence-electron chi connectivity index (χ2n) is 7.71. The zero-order valence-electron chi connectivity index (χ0n) is 17.1. The van der Waals surface area contributed by atoms with E-state index in [2.05, 4.69) is 14.7 Å². The van der Waals surface area contributed by atoms with Crippen LogP contribution < -0.4 is 9.62 Å². The highest BCUT2D eigenvalue weighted by Crippen LogP contribution is 2.29. The Morgan fingerprint density at radius 2 is 1.88 bits per heavy atom. The summed E-state index contributed by atoms with van der Waals surface area (Å²) in [5, 5.41) is 2.07. The number of anilines is 1. The van der Waals surface area contributed by atoms with Crippen LogP contribution in [-0.4, -0.2) is 36.9 Å². The Bertz CT molecular complexity index is 1470. The van der Waals surface area contributed by atoms with E-state index < -0.39 is 27.8 Å². The average Bonchev–Trinajstić information content (AvgIpc) is 3.44. The van der Waals surface area contributed by atoms with E-state index in [1.54, 1.807) is 42.7 Å². The van der Waals surface area contributed by atoms with Crippen molar-refractivity contribution >= 4 is 44.0 Å². The van der Waals surface area contributed by atoms with Gasteiger partial charge in [0.2, 0.25) is 15.9 Å². The molecule has 1 aliphatic heterocycles. The predicted molar refractivity (Wildman–Crippen MR) is 124 cm³/mol. The van der Waals surface area contributed by atoms with Gasteiger partial charge in [-0.3, -0.25) is 4.79 Å². The lowest BCUT2D eigenvalue weighted by Gasteiger charge is -2.18. The molecule has 2 heterocycles. The maximum atomic E-state index is 14.8. The molecule has 0 spiro atoms. The van der Waals surface area contributed by atoms with E-state index >= 15 is 0 Å². The van der Waals surface area contributed by atoms with Gasteiger partial charge < -0.3 is 9.88 Å². The molecule has 168 valence electrons. The first-order chi connectivity index (χ1) is 15.8. The van der Waals surface area contributed by atoms with Crippen molar-refractivity contribution in [3.8, 4) is 11.4 Å². The van der Waals surface area contributed by atoms with Crippen LogP contribution >= 0.6 is 11.6 Å². The quantitative estimate of drug-likeness (QED) is 0.445. The highest BCUT2D eigenvalue weighted by atomic mass is 35.5. The number of carbonyl (C=O) groups excluding carboxylic acids is 1. The van der Waals surface area contributed by atoms with Crippen LogP contribution in [0.5, 0.6) is 0 Å². The number of sulfonamides is 1. The fourth-order valence-corrected chi connectivity index (χ4v) is 5.38. The summed E-state index contributed by atoms with van der Waals surface area (Å²) in [4.78, 5) is 21.2. The molecular formula is C23H18ClFN4O3S. The number of rotatable bonds is 5. The molecular weight excluding hydrogens is 467 g/mol. The Hall–Kier alpha value is -3.27. The summed E-state index contributed by atoms with van der Waals surface area (Å²) in [6.07, 6.45) is 3.42. The van der Waals surface area contributed by atoms with E-state index in [1.165, 1.54) is 29.2 Å². The van der Waals surface area contributed by atoms with Crippen LogP contribution in [0.4, 0.5) is 10.1 Å². The van der Waals surface area contributed by atoms with E-state index in [0.717, 1.165) is 5.39 Å². The van der Waals surface area contributed by atoms with Gasteiger partial charge in [0.25, 0.3) is 0 Å². The number of aromatic nitrogens is 2.